The van der Waals surface area contributed by atoms with E-state index in [0.717, 1.165) is 12.1 Å². The zero-order valence-corrected chi connectivity index (χ0v) is 12.1. The predicted molar refractivity (Wildman–Crippen MR) is 77.4 cm³/mol. The Hall–Kier alpha value is -2.48. The van der Waals surface area contributed by atoms with Crippen molar-refractivity contribution in [3.05, 3.63) is 53.6 Å². The first kappa shape index (κ1) is 15.9. The average Bonchev–Trinajstić information content (AvgIpc) is 2.46. The molecule has 114 valence electrons. The molecule has 0 bridgehead atoms. The van der Waals surface area contributed by atoms with Gasteiger partial charge >= 0.3 is 6.18 Å². The summed E-state index contributed by atoms with van der Waals surface area (Å²) in [7, 11) is 0. The van der Waals surface area contributed by atoms with Crippen LogP contribution in [0.25, 0.3) is 11.1 Å². The van der Waals surface area contributed by atoms with Gasteiger partial charge in [0.2, 0.25) is 0 Å². The molecule has 0 saturated carbocycles. The number of nitrogens with zero attached hydrogens (tertiary/aromatic N) is 1. The van der Waals surface area contributed by atoms with Gasteiger partial charge in [0, 0.05) is 0 Å². The molecule has 0 N–H and O–H groups in total. The quantitative estimate of drug-likeness (QED) is 0.796. The zero-order valence-electron chi connectivity index (χ0n) is 12.1. The van der Waals surface area contributed by atoms with E-state index in [1.165, 1.54) is 6.07 Å². The van der Waals surface area contributed by atoms with Gasteiger partial charge in [0.05, 0.1) is 17.2 Å². The zero-order chi connectivity index (χ0) is 16.3. The van der Waals surface area contributed by atoms with E-state index < -0.39 is 11.7 Å². The van der Waals surface area contributed by atoms with Gasteiger partial charge in [-0.05, 0) is 49.2 Å². The standard InChI is InChI=1S/C17H14F3NO/c1-11(2)22-16-9-13(6-7-14(16)10-21)12-4-3-5-15(8-12)17(18,19)20/h3-9,11H,1-2H3. The molecule has 2 nitrogen and oxygen atoms in total. The number of hydrogen-bond acceptors (Lipinski definition) is 2. The lowest BCUT2D eigenvalue weighted by Gasteiger charge is -2.13. The number of alkyl halides is 3. The molecule has 0 unspecified atom stereocenters. The molecule has 0 aliphatic heterocycles. The molecule has 0 aromatic heterocycles. The van der Waals surface area contributed by atoms with Crippen LogP contribution in [0.15, 0.2) is 42.5 Å². The molecule has 0 atom stereocenters. The Bertz CT molecular complexity index is 715. The maximum atomic E-state index is 12.8. The van der Waals surface area contributed by atoms with Crippen LogP contribution in [0.3, 0.4) is 0 Å². The summed E-state index contributed by atoms with van der Waals surface area (Å²) in [5.41, 5.74) is 0.638. The Labute approximate surface area is 126 Å². The first-order valence-corrected chi connectivity index (χ1v) is 6.69. The fraction of sp³-hybridized carbons (Fsp3) is 0.235. The third-order valence-electron chi connectivity index (χ3n) is 2.99. The van der Waals surface area contributed by atoms with Crippen molar-refractivity contribution in [1.82, 2.24) is 0 Å². The number of hydrogen-bond donors (Lipinski definition) is 0. The highest BCUT2D eigenvalue weighted by atomic mass is 19.4. The average molecular weight is 305 g/mol. The van der Waals surface area contributed by atoms with Crippen LogP contribution >= 0.6 is 0 Å². The minimum atomic E-state index is -4.39. The summed E-state index contributed by atoms with van der Waals surface area (Å²) in [6.07, 6.45) is -4.52. The van der Waals surface area contributed by atoms with Crippen molar-refractivity contribution in [3.8, 4) is 22.9 Å². The number of halogens is 3. The van der Waals surface area contributed by atoms with Crippen LogP contribution in [-0.4, -0.2) is 6.10 Å². The number of rotatable bonds is 3. The van der Waals surface area contributed by atoms with Crippen molar-refractivity contribution < 1.29 is 17.9 Å². The maximum Gasteiger partial charge on any atom is 0.416 e. The Morgan fingerprint density at radius 3 is 2.32 bits per heavy atom. The van der Waals surface area contributed by atoms with Crippen LogP contribution in [0, 0.1) is 11.3 Å². The molecular weight excluding hydrogens is 291 g/mol. The fourth-order valence-corrected chi connectivity index (χ4v) is 2.02. The molecule has 0 aliphatic carbocycles. The summed E-state index contributed by atoms with van der Waals surface area (Å²) in [4.78, 5) is 0. The normalized spacial score (nSPS) is 11.3. The van der Waals surface area contributed by atoms with Gasteiger partial charge in [-0.2, -0.15) is 18.4 Å². The van der Waals surface area contributed by atoms with Crippen molar-refractivity contribution in [2.45, 2.75) is 26.1 Å². The summed E-state index contributed by atoms with van der Waals surface area (Å²) in [6, 6.07) is 11.8. The molecular formula is C17H14F3NO. The van der Waals surface area contributed by atoms with E-state index in [0.29, 0.717) is 22.4 Å². The van der Waals surface area contributed by atoms with Crippen LogP contribution < -0.4 is 4.74 Å². The predicted octanol–water partition coefficient (Wildman–Crippen LogP) is 5.03. The molecule has 2 rings (SSSR count). The maximum absolute atomic E-state index is 12.8. The van der Waals surface area contributed by atoms with E-state index >= 15 is 0 Å². The van der Waals surface area contributed by atoms with E-state index in [2.05, 4.69) is 0 Å². The molecule has 0 saturated heterocycles. The highest BCUT2D eigenvalue weighted by Crippen LogP contribution is 2.33. The summed E-state index contributed by atoms with van der Waals surface area (Å²) < 4.78 is 43.9. The van der Waals surface area contributed by atoms with E-state index in [9.17, 15) is 13.2 Å². The largest absolute Gasteiger partial charge is 0.490 e. The van der Waals surface area contributed by atoms with Crippen LogP contribution in [0.4, 0.5) is 13.2 Å². The van der Waals surface area contributed by atoms with Gasteiger partial charge in [-0.3, -0.25) is 0 Å². The second-order valence-electron chi connectivity index (χ2n) is 5.07. The van der Waals surface area contributed by atoms with E-state index in [-0.39, 0.29) is 6.10 Å². The van der Waals surface area contributed by atoms with Crippen molar-refractivity contribution in [3.63, 3.8) is 0 Å². The molecule has 0 heterocycles. The molecule has 0 aliphatic rings. The van der Waals surface area contributed by atoms with Crippen LogP contribution in [0.2, 0.25) is 0 Å². The van der Waals surface area contributed by atoms with Gasteiger partial charge in [-0.25, -0.2) is 0 Å². The molecule has 2 aromatic rings. The molecule has 0 fully saturated rings. The lowest BCUT2D eigenvalue weighted by molar-refractivity contribution is -0.137. The Morgan fingerprint density at radius 2 is 1.73 bits per heavy atom. The number of ether oxygens (including phenoxy) is 1. The van der Waals surface area contributed by atoms with Gasteiger partial charge < -0.3 is 4.74 Å². The Kier molecular flexibility index (Phi) is 4.41. The van der Waals surface area contributed by atoms with E-state index in [4.69, 9.17) is 10.00 Å². The number of nitriles is 1. The lowest BCUT2D eigenvalue weighted by atomic mass is 10.0. The Balaban J connectivity index is 2.47. The summed E-state index contributed by atoms with van der Waals surface area (Å²) in [6.45, 7) is 3.64. The monoisotopic (exact) mass is 305 g/mol. The van der Waals surface area contributed by atoms with Gasteiger partial charge in [-0.15, -0.1) is 0 Å². The molecule has 0 radical (unpaired) electrons. The first-order chi connectivity index (χ1) is 10.3. The van der Waals surface area contributed by atoms with Gasteiger partial charge in [0.25, 0.3) is 0 Å². The summed E-state index contributed by atoms with van der Waals surface area (Å²) in [5, 5.41) is 9.06. The van der Waals surface area contributed by atoms with Crippen LogP contribution in [0.5, 0.6) is 5.75 Å². The van der Waals surface area contributed by atoms with Crippen molar-refractivity contribution in [2.75, 3.05) is 0 Å². The van der Waals surface area contributed by atoms with Gasteiger partial charge in [-0.1, -0.05) is 18.2 Å². The second-order valence-corrected chi connectivity index (χ2v) is 5.07. The molecule has 5 heteroatoms. The van der Waals surface area contributed by atoms with Crippen molar-refractivity contribution in [1.29, 1.82) is 5.26 Å². The fourth-order valence-electron chi connectivity index (χ4n) is 2.02. The minimum Gasteiger partial charge on any atom is -0.490 e. The highest BCUT2D eigenvalue weighted by molar-refractivity contribution is 5.68. The highest BCUT2D eigenvalue weighted by Gasteiger charge is 2.30. The molecule has 2 aromatic carbocycles. The van der Waals surface area contributed by atoms with Crippen molar-refractivity contribution in [2.24, 2.45) is 0 Å². The minimum absolute atomic E-state index is 0.135. The van der Waals surface area contributed by atoms with Crippen LogP contribution in [0.1, 0.15) is 25.0 Å². The van der Waals surface area contributed by atoms with E-state index in [1.54, 1.807) is 24.3 Å². The van der Waals surface area contributed by atoms with Gasteiger partial charge in [0.15, 0.2) is 0 Å². The molecule has 22 heavy (non-hydrogen) atoms. The van der Waals surface area contributed by atoms with Crippen LogP contribution in [-0.2, 0) is 6.18 Å². The third kappa shape index (κ3) is 3.59. The molecule has 0 spiro atoms. The Morgan fingerprint density at radius 1 is 1.05 bits per heavy atom. The van der Waals surface area contributed by atoms with Crippen molar-refractivity contribution >= 4 is 0 Å². The lowest BCUT2D eigenvalue weighted by Crippen LogP contribution is -2.07. The summed E-state index contributed by atoms with van der Waals surface area (Å²) in [5.74, 6) is 0.368. The third-order valence-corrected chi connectivity index (χ3v) is 2.99. The topological polar surface area (TPSA) is 33.0 Å². The molecule has 0 amide bonds. The van der Waals surface area contributed by atoms with E-state index in [1.807, 2.05) is 19.9 Å². The smallest absolute Gasteiger partial charge is 0.416 e. The number of benzene rings is 2. The van der Waals surface area contributed by atoms with Gasteiger partial charge in [0.1, 0.15) is 11.8 Å². The first-order valence-electron chi connectivity index (χ1n) is 6.69. The summed E-state index contributed by atoms with van der Waals surface area (Å²) >= 11 is 0. The second kappa shape index (κ2) is 6.10. The SMILES string of the molecule is CC(C)Oc1cc(-c2cccc(C(F)(F)F)c2)ccc1C#N.